The average molecular weight is 218 g/mol. The summed E-state index contributed by atoms with van der Waals surface area (Å²) in [5, 5.41) is 0. The van der Waals surface area contributed by atoms with Crippen LogP contribution < -0.4 is 0 Å². The Morgan fingerprint density at radius 2 is 1.88 bits per heavy atom. The van der Waals surface area contributed by atoms with E-state index in [1.807, 2.05) is 0 Å². The Morgan fingerprint density at radius 1 is 1.12 bits per heavy atom. The number of hydrogen-bond donors (Lipinski definition) is 0. The van der Waals surface area contributed by atoms with E-state index in [1.54, 1.807) is 25.7 Å². The first kappa shape index (κ1) is 9.97. The second kappa shape index (κ2) is 2.87. The van der Waals surface area contributed by atoms with Crippen LogP contribution in [0.15, 0.2) is 0 Å². The smallest absolute Gasteiger partial charge is 0.0240 e. The molecule has 4 aliphatic rings. The second-order valence-corrected chi connectivity index (χ2v) is 7.55. The molecule has 0 bridgehead atoms. The van der Waals surface area contributed by atoms with Crippen LogP contribution in [0.1, 0.15) is 52.9 Å². The zero-order valence-corrected chi connectivity index (χ0v) is 11.1. The normalized spacial score (nSPS) is 63.2. The van der Waals surface area contributed by atoms with Gasteiger partial charge in [0.1, 0.15) is 0 Å². The van der Waals surface area contributed by atoms with Gasteiger partial charge in [-0.15, -0.1) is 0 Å². The first-order valence-electron chi connectivity index (χ1n) is 7.69. The summed E-state index contributed by atoms with van der Waals surface area (Å²) in [5.74, 6) is 7.92. The van der Waals surface area contributed by atoms with Crippen molar-refractivity contribution < 1.29 is 0 Å². The fraction of sp³-hybridized carbons (Fsp3) is 1.00. The van der Waals surface area contributed by atoms with Crippen LogP contribution >= 0.6 is 0 Å². The van der Waals surface area contributed by atoms with Crippen molar-refractivity contribution in [3.63, 3.8) is 0 Å². The number of rotatable bonds is 2. The summed E-state index contributed by atoms with van der Waals surface area (Å²) >= 11 is 0. The molecule has 16 heavy (non-hydrogen) atoms. The minimum atomic E-state index is 0.796. The third kappa shape index (κ3) is 0.985. The standard InChI is InChI=1S/C16H26/c1-4-16-8-12-14(15(12)11-5-6-11)10(3)13(16)7-9(16)2/h9-15H,4-8H2,1-3H3. The minimum Gasteiger partial charge on any atom is -0.0648 e. The number of hydrogen-bond acceptors (Lipinski definition) is 0. The predicted octanol–water partition coefficient (Wildman–Crippen LogP) is 4.35. The summed E-state index contributed by atoms with van der Waals surface area (Å²) in [6.07, 6.45) is 7.78. The van der Waals surface area contributed by atoms with Crippen LogP contribution in [0.3, 0.4) is 0 Å². The molecule has 0 aromatic rings. The molecular weight excluding hydrogens is 192 g/mol. The van der Waals surface area contributed by atoms with E-state index in [1.165, 1.54) is 30.1 Å². The van der Waals surface area contributed by atoms with Crippen molar-refractivity contribution in [2.75, 3.05) is 0 Å². The molecule has 0 aromatic heterocycles. The molecule has 7 unspecified atom stereocenters. The van der Waals surface area contributed by atoms with Crippen LogP contribution in [-0.2, 0) is 0 Å². The number of fused-ring (bicyclic) bond motifs is 2. The largest absolute Gasteiger partial charge is 0.0648 e. The molecule has 0 amide bonds. The molecular formula is C16H26. The van der Waals surface area contributed by atoms with Gasteiger partial charge in [0.05, 0.1) is 0 Å². The highest BCUT2D eigenvalue weighted by molar-refractivity contribution is 5.17. The van der Waals surface area contributed by atoms with Gasteiger partial charge in [0, 0.05) is 0 Å². The van der Waals surface area contributed by atoms with E-state index in [-0.39, 0.29) is 0 Å². The van der Waals surface area contributed by atoms with E-state index >= 15 is 0 Å². The maximum absolute atomic E-state index is 2.60. The fourth-order valence-corrected chi connectivity index (χ4v) is 6.19. The van der Waals surface area contributed by atoms with Gasteiger partial charge in [0.25, 0.3) is 0 Å². The van der Waals surface area contributed by atoms with Crippen molar-refractivity contribution in [3.8, 4) is 0 Å². The van der Waals surface area contributed by atoms with Crippen LogP contribution in [0.5, 0.6) is 0 Å². The summed E-state index contributed by atoms with van der Waals surface area (Å²) in [6, 6.07) is 0. The Bertz CT molecular complexity index is 316. The van der Waals surface area contributed by atoms with Crippen molar-refractivity contribution in [2.24, 2.45) is 46.8 Å². The van der Waals surface area contributed by atoms with Crippen molar-refractivity contribution in [3.05, 3.63) is 0 Å². The maximum atomic E-state index is 2.60. The molecule has 4 rings (SSSR count). The Morgan fingerprint density at radius 3 is 2.44 bits per heavy atom. The van der Waals surface area contributed by atoms with Gasteiger partial charge >= 0.3 is 0 Å². The quantitative estimate of drug-likeness (QED) is 0.646. The highest BCUT2D eigenvalue weighted by atomic mass is 14.7. The van der Waals surface area contributed by atoms with Crippen LogP contribution in [0.25, 0.3) is 0 Å². The first-order chi connectivity index (χ1) is 7.69. The van der Waals surface area contributed by atoms with E-state index in [2.05, 4.69) is 20.8 Å². The SMILES string of the molecule is CCC12CC3C(C4CC4)C3C(C)C1CC2C. The summed E-state index contributed by atoms with van der Waals surface area (Å²) < 4.78 is 0. The van der Waals surface area contributed by atoms with E-state index in [9.17, 15) is 0 Å². The highest BCUT2D eigenvalue weighted by Gasteiger charge is 2.69. The zero-order valence-electron chi connectivity index (χ0n) is 11.1. The van der Waals surface area contributed by atoms with Crippen LogP contribution in [0, 0.1) is 46.8 Å². The average Bonchev–Trinajstić information content (AvgIpc) is 3.10. The van der Waals surface area contributed by atoms with Gasteiger partial charge in [-0.3, -0.25) is 0 Å². The first-order valence-corrected chi connectivity index (χ1v) is 7.69. The van der Waals surface area contributed by atoms with Crippen molar-refractivity contribution in [1.29, 1.82) is 0 Å². The topological polar surface area (TPSA) is 0 Å². The molecule has 4 fully saturated rings. The Labute approximate surface area is 100 Å². The van der Waals surface area contributed by atoms with Crippen LogP contribution in [-0.4, -0.2) is 0 Å². The fourth-order valence-electron chi connectivity index (χ4n) is 6.19. The van der Waals surface area contributed by atoms with Crippen molar-refractivity contribution in [1.82, 2.24) is 0 Å². The molecule has 0 saturated heterocycles. The van der Waals surface area contributed by atoms with Crippen molar-refractivity contribution >= 4 is 0 Å². The third-order valence-corrected chi connectivity index (χ3v) is 7.30. The monoisotopic (exact) mass is 218 g/mol. The molecule has 0 heteroatoms. The lowest BCUT2D eigenvalue weighted by atomic mass is 9.45. The van der Waals surface area contributed by atoms with E-state index in [0.29, 0.717) is 0 Å². The van der Waals surface area contributed by atoms with Gasteiger partial charge in [0.15, 0.2) is 0 Å². The maximum Gasteiger partial charge on any atom is -0.0240 e. The summed E-state index contributed by atoms with van der Waals surface area (Å²) in [7, 11) is 0. The molecule has 0 radical (unpaired) electrons. The molecule has 4 aliphatic carbocycles. The van der Waals surface area contributed by atoms with Gasteiger partial charge in [-0.2, -0.15) is 0 Å². The molecule has 7 atom stereocenters. The molecule has 0 N–H and O–H groups in total. The highest BCUT2D eigenvalue weighted by Crippen LogP contribution is 2.76. The van der Waals surface area contributed by atoms with E-state index < -0.39 is 0 Å². The van der Waals surface area contributed by atoms with Crippen molar-refractivity contribution in [2.45, 2.75) is 52.9 Å². The van der Waals surface area contributed by atoms with E-state index in [0.717, 1.165) is 23.2 Å². The lowest BCUT2D eigenvalue weighted by Gasteiger charge is -2.60. The van der Waals surface area contributed by atoms with Crippen LogP contribution in [0.4, 0.5) is 0 Å². The molecule has 4 saturated carbocycles. The summed E-state index contributed by atoms with van der Waals surface area (Å²) in [4.78, 5) is 0. The molecule has 0 nitrogen and oxygen atoms in total. The Hall–Kier alpha value is 0. The summed E-state index contributed by atoms with van der Waals surface area (Å²) in [5.41, 5.74) is 0.796. The minimum absolute atomic E-state index is 0.796. The van der Waals surface area contributed by atoms with Gasteiger partial charge in [-0.25, -0.2) is 0 Å². The Balaban J connectivity index is 1.61. The molecule has 0 aliphatic heterocycles. The van der Waals surface area contributed by atoms with Gasteiger partial charge in [0.2, 0.25) is 0 Å². The Kier molecular flexibility index (Phi) is 1.79. The summed E-state index contributed by atoms with van der Waals surface area (Å²) in [6.45, 7) is 7.59. The lowest BCUT2D eigenvalue weighted by molar-refractivity contribution is -0.113. The second-order valence-electron chi connectivity index (χ2n) is 7.55. The van der Waals surface area contributed by atoms with Crippen LogP contribution in [0.2, 0.25) is 0 Å². The molecule has 0 spiro atoms. The van der Waals surface area contributed by atoms with Gasteiger partial charge in [-0.05, 0) is 78.9 Å². The molecule has 0 heterocycles. The third-order valence-electron chi connectivity index (χ3n) is 7.30. The molecule has 0 aromatic carbocycles. The van der Waals surface area contributed by atoms with E-state index in [4.69, 9.17) is 0 Å². The van der Waals surface area contributed by atoms with Gasteiger partial charge in [-0.1, -0.05) is 20.8 Å². The zero-order chi connectivity index (χ0) is 11.1. The lowest BCUT2D eigenvalue weighted by Crippen LogP contribution is -2.53. The molecule has 90 valence electrons. The van der Waals surface area contributed by atoms with Gasteiger partial charge < -0.3 is 0 Å². The predicted molar refractivity (Wildman–Crippen MR) is 67.0 cm³/mol.